The molecule has 5 N–H and O–H groups in total. The summed E-state index contributed by atoms with van der Waals surface area (Å²) >= 11 is 18.6. The number of aromatic nitrogens is 6. The third-order valence-corrected chi connectivity index (χ3v) is 8.32. The molecular weight excluding hydrogens is 871 g/mol. The summed E-state index contributed by atoms with van der Waals surface area (Å²) in [6.45, 7) is 23.7. The van der Waals surface area contributed by atoms with E-state index >= 15 is 0 Å². The van der Waals surface area contributed by atoms with Gasteiger partial charge in [0.05, 0.1) is 12.6 Å². The number of terminal acetylenes is 1. The first-order valence-electron chi connectivity index (χ1n) is 19.9. The Labute approximate surface area is 387 Å². The van der Waals surface area contributed by atoms with Crippen LogP contribution in [0.3, 0.4) is 0 Å². The van der Waals surface area contributed by atoms with Gasteiger partial charge in [0.1, 0.15) is 5.88 Å². The molecule has 19 heteroatoms. The Hall–Kier alpha value is -4.82. The number of anilines is 5. The highest BCUT2D eigenvalue weighted by Crippen LogP contribution is 2.20. The van der Waals surface area contributed by atoms with Gasteiger partial charge >= 0.3 is 6.01 Å². The lowest BCUT2D eigenvalue weighted by molar-refractivity contribution is -0.116. The van der Waals surface area contributed by atoms with Crippen LogP contribution >= 0.6 is 46.6 Å². The van der Waals surface area contributed by atoms with Crippen LogP contribution in [0.25, 0.3) is 0 Å². The summed E-state index contributed by atoms with van der Waals surface area (Å²) in [5, 5.41) is 16.8. The fourth-order valence-electron chi connectivity index (χ4n) is 4.65. The summed E-state index contributed by atoms with van der Waals surface area (Å²) in [5.41, 5.74) is 0.584. The Morgan fingerprint density at radius 3 is 1.50 bits per heavy atom. The highest BCUT2D eigenvalue weighted by molar-refractivity contribution is 7.98. The number of methoxy groups -OCH3 is 1. The second kappa shape index (κ2) is 28.0. The number of carbonyl (C=O) groups is 2. The van der Waals surface area contributed by atoms with E-state index in [9.17, 15) is 9.59 Å². The Morgan fingerprint density at radius 1 is 0.742 bits per heavy atom. The van der Waals surface area contributed by atoms with Gasteiger partial charge in [0.15, 0.2) is 5.16 Å². The van der Waals surface area contributed by atoms with Crippen molar-refractivity contribution in [2.75, 3.05) is 45.4 Å². The predicted molar refractivity (Wildman–Crippen MR) is 260 cm³/mol. The first-order valence-corrected chi connectivity index (χ1v) is 22.4. The van der Waals surface area contributed by atoms with Gasteiger partial charge in [0, 0.05) is 51.5 Å². The Morgan fingerprint density at radius 2 is 1.16 bits per heavy atom. The van der Waals surface area contributed by atoms with Crippen molar-refractivity contribution in [2.24, 2.45) is 0 Å². The topological polar surface area (TPSA) is 184 Å². The SMILES string of the molecule is C#CC(C)(C)NC(=O)c1cc(Cl)cc(Cl)c1.CC(C)N(C(=O)CCl)c1ccccc1.COc1nc(NC(C)C)nc(NC(C)C)n1.CSc1nc(NC(C)C)nc(NC(C)C)n1. The predicted octanol–water partition coefficient (Wildman–Crippen LogP) is 9.56. The molecule has 4 rings (SSSR count). The maximum Gasteiger partial charge on any atom is 0.322 e. The molecule has 0 radical (unpaired) electrons. The van der Waals surface area contributed by atoms with Gasteiger partial charge in [-0.2, -0.15) is 29.9 Å². The second-order valence-corrected chi connectivity index (χ2v) is 17.3. The summed E-state index contributed by atoms with van der Waals surface area (Å²) in [6, 6.07) is 15.8. The average molecular weight is 934 g/mol. The molecular formula is C43H63Cl3N12O3S. The number of para-hydroxylation sites is 1. The molecule has 0 aliphatic carbocycles. The molecule has 0 bridgehead atoms. The van der Waals surface area contributed by atoms with E-state index in [2.05, 4.69) is 90.1 Å². The molecule has 0 saturated heterocycles. The molecule has 2 heterocycles. The Balaban J connectivity index is 0.000000414. The van der Waals surface area contributed by atoms with Gasteiger partial charge in [-0.25, -0.2) is 0 Å². The van der Waals surface area contributed by atoms with Crippen molar-refractivity contribution in [1.29, 1.82) is 0 Å². The van der Waals surface area contributed by atoms with Crippen LogP contribution in [0.2, 0.25) is 10.0 Å². The smallest absolute Gasteiger partial charge is 0.322 e. The zero-order valence-electron chi connectivity index (χ0n) is 38.2. The molecule has 0 aliphatic heterocycles. The van der Waals surface area contributed by atoms with Crippen molar-refractivity contribution in [3.63, 3.8) is 0 Å². The van der Waals surface area contributed by atoms with E-state index < -0.39 is 5.54 Å². The molecule has 2 aromatic carbocycles. The summed E-state index contributed by atoms with van der Waals surface area (Å²) in [6.07, 6.45) is 7.23. The molecule has 4 aromatic rings. The van der Waals surface area contributed by atoms with Crippen molar-refractivity contribution >= 4 is 87.9 Å². The van der Waals surface area contributed by atoms with Crippen LogP contribution in [0.4, 0.5) is 29.5 Å². The van der Waals surface area contributed by atoms with Crippen LogP contribution in [0.5, 0.6) is 6.01 Å². The molecule has 0 atom stereocenters. The van der Waals surface area contributed by atoms with Crippen LogP contribution in [-0.4, -0.2) is 96.7 Å². The number of amides is 2. The fourth-order valence-corrected chi connectivity index (χ4v) is 5.66. The number of hydrogen-bond donors (Lipinski definition) is 5. The molecule has 0 unspecified atom stereocenters. The number of nitrogens with zero attached hydrogens (tertiary/aromatic N) is 7. The lowest BCUT2D eigenvalue weighted by Gasteiger charge is -2.25. The number of thioether (sulfide) groups is 1. The number of halogens is 3. The molecule has 0 fully saturated rings. The number of nitrogens with one attached hydrogen (secondary N) is 5. The van der Waals surface area contributed by atoms with E-state index in [4.69, 9.17) is 46.0 Å². The van der Waals surface area contributed by atoms with Gasteiger partial charge in [-0.05, 0) is 120 Å². The van der Waals surface area contributed by atoms with Gasteiger partial charge in [-0.15, -0.1) is 18.0 Å². The van der Waals surface area contributed by atoms with Gasteiger partial charge in [-0.3, -0.25) is 9.59 Å². The van der Waals surface area contributed by atoms with Crippen molar-refractivity contribution in [3.8, 4) is 18.4 Å². The van der Waals surface area contributed by atoms with Crippen LogP contribution in [-0.2, 0) is 4.79 Å². The molecule has 0 aliphatic rings. The molecule has 2 aromatic heterocycles. The fraction of sp³-hybridized carbons (Fsp3) is 0.488. The minimum absolute atomic E-state index is 0.0209. The standard InChI is InChI=1S/C12H11Cl2NO.C11H14ClNO.C10H19N5O.C10H19N5S/c1-4-12(2,3)15-11(16)8-5-9(13)7-10(14)6-8;1-9(2)13(11(14)8-12)10-6-4-3-5-7-10;2*1-6(2)11-8-13-9(12-7(3)4)15-10(14-8)16-5/h1,5-7H,2-3H3,(H,15,16);3-7,9H,8H2,1-2H3;2*6-7H,1-5H3,(H2,11,12,13,14,15). The minimum atomic E-state index is -0.703. The Bertz CT molecular complexity index is 1870. The first-order chi connectivity index (χ1) is 29.0. The number of hydrogen-bond acceptors (Lipinski definition) is 14. The summed E-state index contributed by atoms with van der Waals surface area (Å²) < 4.78 is 5.02. The third-order valence-electron chi connectivity index (χ3n) is 7.11. The van der Waals surface area contributed by atoms with Crippen LogP contribution < -0.4 is 36.2 Å². The Kier molecular flexibility index (Phi) is 24.9. The zero-order valence-corrected chi connectivity index (χ0v) is 41.3. The molecule has 0 saturated carbocycles. The largest absolute Gasteiger partial charge is 0.467 e. The number of ether oxygens (including phenoxy) is 1. The number of carbonyl (C=O) groups excluding carboxylic acids is 2. The molecule has 15 nitrogen and oxygen atoms in total. The zero-order chi connectivity index (χ0) is 47.2. The van der Waals surface area contributed by atoms with E-state index in [-0.39, 0.29) is 35.8 Å². The van der Waals surface area contributed by atoms with E-state index in [1.165, 1.54) is 31.0 Å². The number of benzene rings is 2. The summed E-state index contributed by atoms with van der Waals surface area (Å²) in [5.74, 6) is 4.42. The first kappa shape index (κ1) is 55.2. The number of rotatable bonds is 15. The third kappa shape index (κ3) is 22.3. The maximum atomic E-state index is 11.8. The van der Waals surface area contributed by atoms with Gasteiger partial charge in [-0.1, -0.05) is 59.1 Å². The molecule has 340 valence electrons. The van der Waals surface area contributed by atoms with Crippen LogP contribution in [0.1, 0.15) is 93.4 Å². The van der Waals surface area contributed by atoms with E-state index in [1.54, 1.807) is 24.8 Å². The lowest BCUT2D eigenvalue weighted by Crippen LogP contribution is -2.42. The monoisotopic (exact) mass is 932 g/mol. The molecule has 0 spiro atoms. The van der Waals surface area contributed by atoms with Crippen molar-refractivity contribution < 1.29 is 14.3 Å². The quantitative estimate of drug-likeness (QED) is 0.0431. The van der Waals surface area contributed by atoms with E-state index in [1.807, 2.05) is 78.1 Å². The van der Waals surface area contributed by atoms with Crippen LogP contribution in [0, 0.1) is 12.3 Å². The normalized spacial score (nSPS) is 10.7. The maximum absolute atomic E-state index is 11.8. The van der Waals surface area contributed by atoms with Crippen molar-refractivity contribution in [1.82, 2.24) is 35.2 Å². The van der Waals surface area contributed by atoms with Gasteiger partial charge in [0.2, 0.25) is 29.7 Å². The van der Waals surface area contributed by atoms with Crippen LogP contribution in [0.15, 0.2) is 53.7 Å². The number of alkyl halides is 1. The van der Waals surface area contributed by atoms with Crippen molar-refractivity contribution in [2.45, 2.75) is 124 Å². The van der Waals surface area contributed by atoms with Crippen molar-refractivity contribution in [3.05, 3.63) is 64.1 Å². The van der Waals surface area contributed by atoms with E-state index in [0.717, 1.165) is 10.8 Å². The molecule has 2 amide bonds. The summed E-state index contributed by atoms with van der Waals surface area (Å²) in [4.78, 5) is 50.4. The van der Waals surface area contributed by atoms with E-state index in [0.29, 0.717) is 57.5 Å². The highest BCUT2D eigenvalue weighted by Gasteiger charge is 2.19. The minimum Gasteiger partial charge on any atom is -0.467 e. The second-order valence-electron chi connectivity index (χ2n) is 15.3. The average Bonchev–Trinajstić information content (AvgIpc) is 3.17. The highest BCUT2D eigenvalue weighted by atomic mass is 35.5. The lowest BCUT2D eigenvalue weighted by atomic mass is 10.1. The molecule has 62 heavy (non-hydrogen) atoms. The van der Waals surface area contributed by atoms with Gasteiger partial charge in [0.25, 0.3) is 5.91 Å². The van der Waals surface area contributed by atoms with Gasteiger partial charge < -0.3 is 36.2 Å². The summed E-state index contributed by atoms with van der Waals surface area (Å²) in [7, 11) is 1.54.